The van der Waals surface area contributed by atoms with Crippen molar-refractivity contribution in [3.63, 3.8) is 0 Å². The van der Waals surface area contributed by atoms with E-state index < -0.39 is 11.4 Å². The topological polar surface area (TPSA) is 103 Å². The first-order valence-electron chi connectivity index (χ1n) is 10.1. The van der Waals surface area contributed by atoms with Crippen LogP contribution in [0.25, 0.3) is 11.3 Å². The molecule has 0 radical (unpaired) electrons. The molecular formula is C25H17ClFN5O2. The second-order valence-electron chi connectivity index (χ2n) is 7.06. The first kappa shape index (κ1) is 22.7. The molecule has 0 atom stereocenters. The number of nitriles is 1. The normalized spacial score (nSPS) is 10.7. The Hall–Kier alpha value is -4.48. The van der Waals surface area contributed by atoms with E-state index in [1.54, 1.807) is 60.7 Å². The van der Waals surface area contributed by atoms with Crippen molar-refractivity contribution in [1.29, 1.82) is 5.26 Å². The maximum Gasteiger partial charge on any atom is 0.270 e. The molecule has 7 nitrogen and oxygen atoms in total. The highest BCUT2D eigenvalue weighted by Crippen LogP contribution is 2.21. The molecule has 2 N–H and O–H groups in total. The van der Waals surface area contributed by atoms with Crippen LogP contribution in [0.15, 0.2) is 82.7 Å². The van der Waals surface area contributed by atoms with Gasteiger partial charge in [-0.25, -0.2) is 14.8 Å². The quantitative estimate of drug-likeness (QED) is 0.286. The molecule has 4 rings (SSSR count). The van der Waals surface area contributed by atoms with Crippen LogP contribution in [0.1, 0.15) is 16.7 Å². The van der Waals surface area contributed by atoms with Gasteiger partial charge in [0.15, 0.2) is 0 Å². The fourth-order valence-corrected chi connectivity index (χ4v) is 3.27. The molecule has 3 aromatic carbocycles. The van der Waals surface area contributed by atoms with E-state index in [1.807, 2.05) is 12.1 Å². The van der Waals surface area contributed by atoms with Gasteiger partial charge < -0.3 is 4.74 Å². The van der Waals surface area contributed by atoms with Gasteiger partial charge in [-0.05, 0) is 35.9 Å². The predicted octanol–water partition coefficient (Wildman–Crippen LogP) is 5.13. The monoisotopic (exact) mass is 473 g/mol. The van der Waals surface area contributed by atoms with Gasteiger partial charge in [0.25, 0.3) is 5.56 Å². The van der Waals surface area contributed by atoms with E-state index in [1.165, 1.54) is 12.3 Å². The summed E-state index contributed by atoms with van der Waals surface area (Å²) in [5.74, 6) is 0.154. The minimum Gasteiger partial charge on any atom is -0.489 e. The Bertz CT molecular complexity index is 1430. The highest BCUT2D eigenvalue weighted by Gasteiger charge is 2.13. The van der Waals surface area contributed by atoms with E-state index >= 15 is 0 Å². The Balaban J connectivity index is 1.43. The third kappa shape index (κ3) is 5.28. The van der Waals surface area contributed by atoms with E-state index in [4.69, 9.17) is 16.3 Å². The lowest BCUT2D eigenvalue weighted by Crippen LogP contribution is -2.16. The highest BCUT2D eigenvalue weighted by molar-refractivity contribution is 6.30. The number of benzene rings is 3. The molecule has 0 saturated heterocycles. The summed E-state index contributed by atoms with van der Waals surface area (Å²) in [4.78, 5) is 19.1. The summed E-state index contributed by atoms with van der Waals surface area (Å²) in [6.07, 6.45) is 1.53. The number of aromatic nitrogens is 2. The van der Waals surface area contributed by atoms with Crippen LogP contribution in [-0.4, -0.2) is 16.2 Å². The van der Waals surface area contributed by atoms with Gasteiger partial charge in [0, 0.05) is 11.1 Å². The Kier molecular flexibility index (Phi) is 6.96. The van der Waals surface area contributed by atoms with Gasteiger partial charge in [0.2, 0.25) is 5.95 Å². The standard InChI is InChI=1S/C25H17ClFN5O2/c26-21-8-4-7-18(22(21)27)15-34-19-11-9-16(10-12-19)14-29-32-25-30-23(17-5-2-1-3-6-17)20(13-28)24(33)31-25/h1-12,14H,15H2,(H2,30,31,32,33). The van der Waals surface area contributed by atoms with Crippen molar-refractivity contribution >= 4 is 23.8 Å². The van der Waals surface area contributed by atoms with Crippen LogP contribution in [-0.2, 0) is 6.61 Å². The van der Waals surface area contributed by atoms with E-state index in [0.717, 1.165) is 5.56 Å². The summed E-state index contributed by atoms with van der Waals surface area (Å²) in [5.41, 5.74) is 4.05. The SMILES string of the molecule is N#Cc1c(-c2ccccc2)nc(NN=Cc2ccc(OCc3cccc(Cl)c3F)cc2)[nH]c1=O. The van der Waals surface area contributed by atoms with Crippen molar-refractivity contribution in [2.24, 2.45) is 5.10 Å². The summed E-state index contributed by atoms with van der Waals surface area (Å²) < 4.78 is 19.6. The fraction of sp³-hybridized carbons (Fsp3) is 0.0400. The molecule has 1 aromatic heterocycles. The number of hydrazone groups is 1. The average molecular weight is 474 g/mol. The Morgan fingerprint density at radius 3 is 2.62 bits per heavy atom. The molecule has 0 aliphatic carbocycles. The number of nitrogens with zero attached hydrogens (tertiary/aromatic N) is 3. The number of nitrogens with one attached hydrogen (secondary N) is 2. The highest BCUT2D eigenvalue weighted by atomic mass is 35.5. The first-order valence-corrected chi connectivity index (χ1v) is 10.5. The Morgan fingerprint density at radius 2 is 1.88 bits per heavy atom. The van der Waals surface area contributed by atoms with Crippen molar-refractivity contribution in [1.82, 2.24) is 9.97 Å². The molecule has 9 heteroatoms. The molecule has 0 amide bonds. The molecule has 0 fully saturated rings. The number of halogens is 2. The van der Waals surface area contributed by atoms with Gasteiger partial charge in [-0.15, -0.1) is 0 Å². The maximum atomic E-state index is 14.0. The summed E-state index contributed by atoms with van der Waals surface area (Å²) in [6.45, 7) is 0.0445. The second kappa shape index (κ2) is 10.4. The summed E-state index contributed by atoms with van der Waals surface area (Å²) >= 11 is 5.78. The Morgan fingerprint density at radius 1 is 1.12 bits per heavy atom. The van der Waals surface area contributed by atoms with Crippen LogP contribution in [0.3, 0.4) is 0 Å². The second-order valence-corrected chi connectivity index (χ2v) is 7.46. The van der Waals surface area contributed by atoms with Crippen molar-refractivity contribution in [2.75, 3.05) is 5.43 Å². The molecule has 0 saturated carbocycles. The smallest absolute Gasteiger partial charge is 0.270 e. The van der Waals surface area contributed by atoms with Crippen LogP contribution in [0, 0.1) is 17.1 Å². The van der Waals surface area contributed by atoms with Crippen LogP contribution in [0.2, 0.25) is 5.02 Å². The lowest BCUT2D eigenvalue weighted by molar-refractivity contribution is 0.300. The van der Waals surface area contributed by atoms with E-state index in [0.29, 0.717) is 16.9 Å². The zero-order valence-corrected chi connectivity index (χ0v) is 18.4. The van der Waals surface area contributed by atoms with Gasteiger partial charge in [-0.2, -0.15) is 10.4 Å². The largest absolute Gasteiger partial charge is 0.489 e. The van der Waals surface area contributed by atoms with Crippen LogP contribution in [0.5, 0.6) is 5.75 Å². The molecule has 0 unspecified atom stereocenters. The number of rotatable bonds is 7. The third-order valence-electron chi connectivity index (χ3n) is 4.77. The van der Waals surface area contributed by atoms with Gasteiger partial charge in [0.1, 0.15) is 29.8 Å². The maximum absolute atomic E-state index is 14.0. The number of hydrogen-bond acceptors (Lipinski definition) is 6. The minimum absolute atomic E-state index is 0.0445. The van der Waals surface area contributed by atoms with Crippen LogP contribution >= 0.6 is 11.6 Å². The van der Waals surface area contributed by atoms with E-state index in [9.17, 15) is 14.4 Å². The summed E-state index contributed by atoms with van der Waals surface area (Å²) in [5, 5.41) is 13.5. The first-order chi connectivity index (χ1) is 16.5. The third-order valence-corrected chi connectivity index (χ3v) is 5.06. The van der Waals surface area contributed by atoms with Crippen molar-refractivity contribution in [2.45, 2.75) is 6.61 Å². The number of ether oxygens (including phenoxy) is 1. The molecule has 0 aliphatic rings. The zero-order valence-electron chi connectivity index (χ0n) is 17.6. The molecule has 0 aliphatic heterocycles. The van der Waals surface area contributed by atoms with Crippen LogP contribution < -0.4 is 15.7 Å². The van der Waals surface area contributed by atoms with Gasteiger partial charge in [-0.3, -0.25) is 9.78 Å². The van der Waals surface area contributed by atoms with Crippen LogP contribution in [0.4, 0.5) is 10.3 Å². The molecule has 1 heterocycles. The molecule has 0 spiro atoms. The number of H-pyrrole nitrogens is 1. The van der Waals surface area contributed by atoms with Gasteiger partial charge in [-0.1, -0.05) is 54.1 Å². The lowest BCUT2D eigenvalue weighted by Gasteiger charge is -2.08. The average Bonchev–Trinajstić information content (AvgIpc) is 2.86. The lowest BCUT2D eigenvalue weighted by atomic mass is 10.1. The number of anilines is 1. The summed E-state index contributed by atoms with van der Waals surface area (Å²) in [7, 11) is 0. The Labute approximate surface area is 199 Å². The molecule has 4 aromatic rings. The zero-order chi connectivity index (χ0) is 23.9. The van der Waals surface area contributed by atoms with Crippen molar-refractivity contribution < 1.29 is 9.13 Å². The van der Waals surface area contributed by atoms with Gasteiger partial charge in [0.05, 0.1) is 16.9 Å². The minimum atomic E-state index is -0.563. The van der Waals surface area contributed by atoms with Crippen molar-refractivity contribution in [3.05, 3.63) is 111 Å². The van der Waals surface area contributed by atoms with Gasteiger partial charge >= 0.3 is 0 Å². The van der Waals surface area contributed by atoms with Crippen molar-refractivity contribution in [3.8, 4) is 23.1 Å². The van der Waals surface area contributed by atoms with E-state index in [-0.39, 0.29) is 28.8 Å². The van der Waals surface area contributed by atoms with E-state index in [2.05, 4.69) is 20.5 Å². The molecule has 0 bridgehead atoms. The molecule has 168 valence electrons. The molecular weight excluding hydrogens is 457 g/mol. The fourth-order valence-electron chi connectivity index (χ4n) is 3.07. The summed E-state index contributed by atoms with van der Waals surface area (Å²) in [6, 6.07) is 22.6. The number of hydrogen-bond donors (Lipinski definition) is 2. The number of aromatic amines is 1. The molecule has 34 heavy (non-hydrogen) atoms. The predicted molar refractivity (Wildman–Crippen MR) is 128 cm³/mol.